The van der Waals surface area contributed by atoms with Gasteiger partial charge in [0, 0.05) is 5.69 Å². The van der Waals surface area contributed by atoms with Gasteiger partial charge < -0.3 is 35.8 Å². The summed E-state index contributed by atoms with van der Waals surface area (Å²) >= 11 is 5.72. The molecule has 20 heavy (non-hydrogen) atoms. The zero-order valence-electron chi connectivity index (χ0n) is 10.2. The summed E-state index contributed by atoms with van der Waals surface area (Å²) in [5.74, 6) is 0. The summed E-state index contributed by atoms with van der Waals surface area (Å²) in [6.07, 6.45) is -4.84. The largest absolute Gasteiger partial charge is 0.733 e. The quantitative estimate of drug-likeness (QED) is 0.489. The number of hydrogen-bond acceptors (Lipinski definition) is 8. The van der Waals surface area contributed by atoms with Crippen LogP contribution < -0.4 is 10.5 Å². The van der Waals surface area contributed by atoms with Crippen LogP contribution in [-0.4, -0.2) is 51.7 Å². The molecular formula is C11H14ClN2O6-. The van der Waals surface area contributed by atoms with Crippen molar-refractivity contribution in [1.29, 1.82) is 0 Å². The lowest BCUT2D eigenvalue weighted by molar-refractivity contribution is -0.178. The van der Waals surface area contributed by atoms with Gasteiger partial charge in [-0.2, -0.15) is 0 Å². The molecule has 0 radical (unpaired) electrons. The van der Waals surface area contributed by atoms with Gasteiger partial charge in [0.05, 0.1) is 17.3 Å². The van der Waals surface area contributed by atoms with Crippen LogP contribution in [-0.2, 0) is 4.74 Å². The Hall–Kier alpha value is -1.13. The molecule has 1 saturated heterocycles. The maximum atomic E-state index is 10.9. The molecule has 1 aliphatic heterocycles. The zero-order chi connectivity index (χ0) is 14.9. The van der Waals surface area contributed by atoms with Crippen LogP contribution in [0.15, 0.2) is 18.2 Å². The Morgan fingerprint density at radius 3 is 2.65 bits per heavy atom. The van der Waals surface area contributed by atoms with Crippen molar-refractivity contribution in [1.82, 2.24) is 0 Å². The molecule has 0 unspecified atom stereocenters. The molecule has 1 heterocycles. The normalized spacial score (nSPS) is 30.1. The second-order valence-electron chi connectivity index (χ2n) is 4.39. The van der Waals surface area contributed by atoms with Crippen molar-refractivity contribution in [3.05, 3.63) is 28.4 Å². The molecular weight excluding hydrogens is 292 g/mol. The van der Waals surface area contributed by atoms with Gasteiger partial charge in [0.15, 0.2) is 6.23 Å². The highest BCUT2D eigenvalue weighted by atomic mass is 35.5. The van der Waals surface area contributed by atoms with E-state index in [4.69, 9.17) is 21.5 Å². The smallest absolute Gasteiger partial charge is 0.156 e. The Labute approximate surface area is 119 Å². The van der Waals surface area contributed by atoms with Gasteiger partial charge in [0.25, 0.3) is 0 Å². The summed E-state index contributed by atoms with van der Waals surface area (Å²) in [5, 5.41) is 50.8. The minimum Gasteiger partial charge on any atom is -0.733 e. The van der Waals surface area contributed by atoms with Crippen molar-refractivity contribution in [2.45, 2.75) is 24.5 Å². The number of aliphatic hydroxyl groups is 3. The fourth-order valence-electron chi connectivity index (χ4n) is 1.85. The van der Waals surface area contributed by atoms with E-state index in [9.17, 15) is 20.5 Å². The number of nitrogens with one attached hydrogen (secondary N) is 1. The van der Waals surface area contributed by atoms with E-state index in [2.05, 4.69) is 5.32 Å². The van der Waals surface area contributed by atoms with Gasteiger partial charge in [0.2, 0.25) is 0 Å². The first-order valence-electron chi connectivity index (χ1n) is 5.78. The monoisotopic (exact) mass is 305 g/mol. The molecule has 1 aliphatic rings. The van der Waals surface area contributed by atoms with Crippen LogP contribution in [0, 0.1) is 5.21 Å². The minimum atomic E-state index is -1.35. The molecule has 0 amide bonds. The first-order chi connectivity index (χ1) is 9.40. The first-order valence-corrected chi connectivity index (χ1v) is 6.16. The molecule has 0 saturated carbocycles. The molecule has 1 aromatic rings. The second-order valence-corrected chi connectivity index (χ2v) is 4.79. The molecule has 0 aliphatic carbocycles. The molecule has 1 fully saturated rings. The van der Waals surface area contributed by atoms with E-state index < -0.39 is 24.5 Å². The predicted octanol–water partition coefficient (Wildman–Crippen LogP) is -0.116. The Morgan fingerprint density at radius 2 is 2.00 bits per heavy atom. The van der Waals surface area contributed by atoms with E-state index in [1.54, 1.807) is 0 Å². The number of halogens is 1. The Morgan fingerprint density at radius 1 is 1.30 bits per heavy atom. The number of hydrogen-bond donors (Lipinski definition) is 5. The van der Waals surface area contributed by atoms with E-state index >= 15 is 0 Å². The Balaban J connectivity index is 2.12. The van der Waals surface area contributed by atoms with Crippen LogP contribution >= 0.6 is 11.6 Å². The third-order valence-corrected chi connectivity index (χ3v) is 3.28. The lowest BCUT2D eigenvalue weighted by Gasteiger charge is -2.36. The maximum Gasteiger partial charge on any atom is 0.156 e. The molecule has 0 bridgehead atoms. The van der Waals surface area contributed by atoms with E-state index in [-0.39, 0.29) is 22.5 Å². The Kier molecular flexibility index (Phi) is 4.66. The summed E-state index contributed by atoms with van der Waals surface area (Å²) in [5.41, 5.74) is 0.162. The molecule has 8 nitrogen and oxygen atoms in total. The summed E-state index contributed by atoms with van der Waals surface area (Å²) in [6, 6.07) is 4.13. The van der Waals surface area contributed by atoms with Crippen molar-refractivity contribution in [3.8, 4) is 0 Å². The zero-order valence-corrected chi connectivity index (χ0v) is 10.9. The van der Waals surface area contributed by atoms with Crippen LogP contribution in [0.1, 0.15) is 0 Å². The van der Waals surface area contributed by atoms with Crippen LogP contribution in [0.25, 0.3) is 0 Å². The average molecular weight is 306 g/mol. The highest BCUT2D eigenvalue weighted by Crippen LogP contribution is 2.29. The van der Waals surface area contributed by atoms with E-state index in [1.165, 1.54) is 18.2 Å². The van der Waals surface area contributed by atoms with Crippen molar-refractivity contribution in [2.24, 2.45) is 0 Å². The van der Waals surface area contributed by atoms with Crippen molar-refractivity contribution < 1.29 is 25.3 Å². The number of aliphatic hydroxyl groups excluding tert-OH is 3. The van der Waals surface area contributed by atoms with Gasteiger partial charge in [0.1, 0.15) is 18.3 Å². The molecule has 0 spiro atoms. The maximum absolute atomic E-state index is 10.9. The van der Waals surface area contributed by atoms with Gasteiger partial charge in [-0.25, -0.2) is 0 Å². The summed E-state index contributed by atoms with van der Waals surface area (Å²) in [7, 11) is 0. The number of anilines is 2. The summed E-state index contributed by atoms with van der Waals surface area (Å²) in [6.45, 7) is -0.149. The molecule has 4 atom stereocenters. The third kappa shape index (κ3) is 3.13. The molecule has 112 valence electrons. The van der Waals surface area contributed by atoms with Crippen molar-refractivity contribution >= 4 is 23.0 Å². The van der Waals surface area contributed by atoms with Gasteiger partial charge in [-0.3, -0.25) is 5.21 Å². The van der Waals surface area contributed by atoms with Crippen LogP contribution in [0.5, 0.6) is 0 Å². The lowest BCUT2D eigenvalue weighted by atomic mass is 10.0. The fraction of sp³-hybridized carbons (Fsp3) is 0.455. The molecule has 1 aromatic carbocycles. The van der Waals surface area contributed by atoms with Crippen LogP contribution in [0.2, 0.25) is 5.02 Å². The third-order valence-electron chi connectivity index (χ3n) is 2.96. The van der Waals surface area contributed by atoms with Gasteiger partial charge >= 0.3 is 0 Å². The van der Waals surface area contributed by atoms with Gasteiger partial charge in [-0.15, -0.1) is 0 Å². The number of ether oxygens (including phenoxy) is 1. The van der Waals surface area contributed by atoms with Crippen molar-refractivity contribution in [2.75, 3.05) is 17.2 Å². The minimum absolute atomic E-state index is 0.0496. The van der Waals surface area contributed by atoms with Gasteiger partial charge in [-0.05, 0) is 18.2 Å². The van der Waals surface area contributed by atoms with Gasteiger partial charge in [-0.1, -0.05) is 11.6 Å². The standard InChI is InChI=1S/C11H14ClN2O6/c12-6-2-1-5(3-7(6)14(18)19)13-11-10(17)9(16)8(15)4-20-11/h1-3,8-11,13,15-18H,4H2/q-1/t8-,9-,10+,11+/m1/s1. The second kappa shape index (κ2) is 6.10. The molecule has 2 rings (SSSR count). The molecule has 9 heteroatoms. The topological polar surface area (TPSA) is 128 Å². The van der Waals surface area contributed by atoms with Crippen LogP contribution in [0.3, 0.4) is 0 Å². The highest BCUT2D eigenvalue weighted by Gasteiger charge is 2.37. The number of nitrogens with zero attached hydrogens (tertiary/aromatic N) is 1. The molecule has 5 N–H and O–H groups in total. The predicted molar refractivity (Wildman–Crippen MR) is 70.5 cm³/mol. The number of rotatable bonds is 3. The average Bonchev–Trinajstić information content (AvgIpc) is 2.41. The number of benzene rings is 1. The SMILES string of the molecule is [O-]N(O)c1cc(N[C@H]2OC[C@@H](O)[C@@H](O)[C@@H]2O)ccc1Cl. The van der Waals surface area contributed by atoms with E-state index in [1.807, 2.05) is 0 Å². The first kappa shape index (κ1) is 15.3. The summed E-state index contributed by atoms with van der Waals surface area (Å²) < 4.78 is 5.15. The highest BCUT2D eigenvalue weighted by molar-refractivity contribution is 6.33. The van der Waals surface area contributed by atoms with Crippen LogP contribution in [0.4, 0.5) is 11.4 Å². The van der Waals surface area contributed by atoms with E-state index in [0.717, 1.165) is 0 Å². The summed E-state index contributed by atoms with van der Waals surface area (Å²) in [4.78, 5) is 0. The lowest BCUT2D eigenvalue weighted by Crippen LogP contribution is -2.55. The fourth-order valence-corrected chi connectivity index (χ4v) is 2.04. The Bertz CT molecular complexity index is 474. The van der Waals surface area contributed by atoms with E-state index in [0.29, 0.717) is 5.69 Å². The molecule has 0 aromatic heterocycles. The van der Waals surface area contributed by atoms with Crippen molar-refractivity contribution in [3.63, 3.8) is 0 Å².